The molecule has 0 spiro atoms. The zero-order valence-corrected chi connectivity index (χ0v) is 14.5. The molecule has 1 saturated heterocycles. The molecule has 23 heavy (non-hydrogen) atoms. The van der Waals surface area contributed by atoms with Crippen LogP contribution in [0.3, 0.4) is 0 Å². The highest BCUT2D eigenvalue weighted by molar-refractivity contribution is 6.32. The van der Waals surface area contributed by atoms with Gasteiger partial charge in [0.05, 0.1) is 11.4 Å². The van der Waals surface area contributed by atoms with Gasteiger partial charge in [0.2, 0.25) is 0 Å². The first-order chi connectivity index (χ1) is 10.8. The first-order valence-corrected chi connectivity index (χ1v) is 8.03. The molecule has 4 N–H and O–H groups in total. The number of aromatic nitrogens is 1. The highest BCUT2D eigenvalue weighted by atomic mass is 35.5. The van der Waals surface area contributed by atoms with Crippen LogP contribution in [0.1, 0.15) is 33.6 Å². The van der Waals surface area contributed by atoms with Gasteiger partial charge in [-0.25, -0.2) is 15.2 Å². The van der Waals surface area contributed by atoms with Gasteiger partial charge in [-0.2, -0.15) is 0 Å². The second-order valence-electron chi connectivity index (χ2n) is 6.59. The number of amides is 1. The third-order valence-corrected chi connectivity index (χ3v) is 3.76. The number of nitrogen functional groups attached to an aromatic ring is 1. The summed E-state index contributed by atoms with van der Waals surface area (Å²) in [5.74, 6) is 0. The largest absolute Gasteiger partial charge is 0.443 e. The van der Waals surface area contributed by atoms with E-state index in [4.69, 9.17) is 22.1 Å². The molecule has 8 heteroatoms. The lowest BCUT2D eigenvalue weighted by atomic mass is 10.1. The highest BCUT2D eigenvalue weighted by Gasteiger charge is 2.23. The van der Waals surface area contributed by atoms with Crippen LogP contribution in [0.2, 0.25) is 5.15 Å². The van der Waals surface area contributed by atoms with Gasteiger partial charge in [-0.1, -0.05) is 11.6 Å². The Morgan fingerprint density at radius 3 is 2.96 bits per heavy atom. The van der Waals surface area contributed by atoms with Gasteiger partial charge in [-0.05, 0) is 39.7 Å². The third-order valence-electron chi connectivity index (χ3n) is 3.46. The van der Waals surface area contributed by atoms with Crippen molar-refractivity contribution >= 4 is 29.1 Å². The van der Waals surface area contributed by atoms with Gasteiger partial charge >= 0.3 is 6.09 Å². The quantitative estimate of drug-likeness (QED) is 0.577. The van der Waals surface area contributed by atoms with E-state index in [-0.39, 0.29) is 6.04 Å². The van der Waals surface area contributed by atoms with Crippen LogP contribution in [-0.4, -0.2) is 35.8 Å². The first-order valence-electron chi connectivity index (χ1n) is 7.66. The Hall–Kier alpha value is -1.73. The van der Waals surface area contributed by atoms with Crippen molar-refractivity contribution in [3.63, 3.8) is 0 Å². The molecule has 0 aromatic carbocycles. The van der Waals surface area contributed by atoms with Crippen LogP contribution in [0.4, 0.5) is 16.2 Å². The Balaban J connectivity index is 1.91. The monoisotopic (exact) mass is 341 g/mol. The fourth-order valence-electron chi connectivity index (χ4n) is 2.49. The van der Waals surface area contributed by atoms with Crippen molar-refractivity contribution in [2.24, 2.45) is 0 Å². The molecule has 1 atom stereocenters. The average molecular weight is 342 g/mol. The summed E-state index contributed by atoms with van der Waals surface area (Å²) < 4.78 is 5.20. The van der Waals surface area contributed by atoms with Gasteiger partial charge in [0.1, 0.15) is 5.60 Å². The van der Waals surface area contributed by atoms with Crippen molar-refractivity contribution in [1.82, 2.24) is 15.8 Å². The fraction of sp³-hybridized carbons (Fsp3) is 0.600. The highest BCUT2D eigenvalue weighted by Crippen LogP contribution is 2.30. The Morgan fingerprint density at radius 2 is 2.26 bits per heavy atom. The second kappa shape index (κ2) is 7.23. The minimum atomic E-state index is -0.521. The minimum absolute atomic E-state index is 0.0996. The van der Waals surface area contributed by atoms with Crippen molar-refractivity contribution in [2.75, 3.05) is 23.7 Å². The van der Waals surface area contributed by atoms with Crippen molar-refractivity contribution in [1.29, 1.82) is 0 Å². The zero-order valence-electron chi connectivity index (χ0n) is 13.7. The number of rotatable bonds is 3. The summed E-state index contributed by atoms with van der Waals surface area (Å²) >= 11 is 5.98. The molecule has 1 amide bonds. The Kier molecular flexibility index (Phi) is 5.54. The molecule has 2 rings (SSSR count). The van der Waals surface area contributed by atoms with Gasteiger partial charge < -0.3 is 15.4 Å². The normalized spacial score (nSPS) is 18.6. The molecule has 128 valence electrons. The number of hydrazine groups is 1. The number of nitrogens with one attached hydrogen (secondary N) is 2. The Labute approximate surface area is 141 Å². The van der Waals surface area contributed by atoms with E-state index in [0.717, 1.165) is 25.1 Å². The van der Waals surface area contributed by atoms with Crippen LogP contribution in [0.5, 0.6) is 0 Å². The lowest BCUT2D eigenvalue weighted by Gasteiger charge is -2.35. The van der Waals surface area contributed by atoms with E-state index in [9.17, 15) is 4.79 Å². The third kappa shape index (κ3) is 5.14. The van der Waals surface area contributed by atoms with Crippen LogP contribution in [0.25, 0.3) is 0 Å². The number of carbonyl (C=O) groups is 1. The molecule has 1 aromatic rings. The number of hydrogen-bond donors (Lipinski definition) is 3. The molecule has 0 bridgehead atoms. The molecule has 0 unspecified atom stereocenters. The SMILES string of the molecule is CC(C)(C)OC(=O)NN[C@@H]1CCCN(c2ccnc(Cl)c2N)C1. The molecule has 1 aliphatic rings. The van der Waals surface area contributed by atoms with Crippen LogP contribution >= 0.6 is 11.6 Å². The standard InChI is InChI=1S/C15H24ClN5O2/c1-15(2,3)23-14(22)20-19-10-5-4-8-21(9-10)11-6-7-18-13(16)12(11)17/h6-7,10,19H,4-5,8-9,17H2,1-3H3,(H,20,22)/t10-/m1/s1. The minimum Gasteiger partial charge on any atom is -0.443 e. The molecule has 7 nitrogen and oxygen atoms in total. The predicted octanol–water partition coefficient (Wildman–Crippen LogP) is 2.32. The maximum Gasteiger partial charge on any atom is 0.422 e. The van der Waals surface area contributed by atoms with Gasteiger partial charge in [-0.15, -0.1) is 0 Å². The van der Waals surface area contributed by atoms with E-state index in [1.54, 1.807) is 6.20 Å². The summed E-state index contributed by atoms with van der Waals surface area (Å²) in [6, 6.07) is 1.95. The van der Waals surface area contributed by atoms with Gasteiger partial charge in [0, 0.05) is 25.3 Å². The van der Waals surface area contributed by atoms with E-state index in [1.807, 2.05) is 26.8 Å². The van der Waals surface area contributed by atoms with Crippen LogP contribution in [0, 0.1) is 0 Å². The number of anilines is 2. The van der Waals surface area contributed by atoms with Crippen molar-refractivity contribution in [3.8, 4) is 0 Å². The Morgan fingerprint density at radius 1 is 1.52 bits per heavy atom. The van der Waals surface area contributed by atoms with E-state index in [2.05, 4.69) is 20.7 Å². The molecule has 1 aromatic heterocycles. The molecule has 2 heterocycles. The maximum absolute atomic E-state index is 11.7. The summed E-state index contributed by atoms with van der Waals surface area (Å²) in [7, 11) is 0. The van der Waals surface area contributed by atoms with Crippen molar-refractivity contribution in [2.45, 2.75) is 45.3 Å². The number of halogens is 1. The number of piperidine rings is 1. The smallest absolute Gasteiger partial charge is 0.422 e. The Bertz CT molecular complexity index is 561. The molecule has 1 aliphatic heterocycles. The van der Waals surface area contributed by atoms with E-state index < -0.39 is 11.7 Å². The summed E-state index contributed by atoms with van der Waals surface area (Å²) in [6.45, 7) is 7.07. The summed E-state index contributed by atoms with van der Waals surface area (Å²) in [5, 5.41) is 0.310. The van der Waals surface area contributed by atoms with Gasteiger partial charge in [0.25, 0.3) is 0 Å². The number of nitrogens with two attached hydrogens (primary N) is 1. The van der Waals surface area contributed by atoms with Crippen molar-refractivity contribution < 1.29 is 9.53 Å². The lowest BCUT2D eigenvalue weighted by Crippen LogP contribution is -2.53. The molecule has 0 saturated carbocycles. The predicted molar refractivity (Wildman–Crippen MR) is 91.4 cm³/mol. The molecular weight excluding hydrogens is 318 g/mol. The molecular formula is C15H24ClN5O2. The van der Waals surface area contributed by atoms with E-state index in [0.29, 0.717) is 17.4 Å². The molecule has 0 radical (unpaired) electrons. The van der Waals surface area contributed by atoms with Crippen LogP contribution in [0.15, 0.2) is 12.3 Å². The first kappa shape index (κ1) is 17.6. The zero-order chi connectivity index (χ0) is 17.0. The van der Waals surface area contributed by atoms with Crippen LogP contribution in [-0.2, 0) is 4.74 Å². The van der Waals surface area contributed by atoms with Crippen LogP contribution < -0.4 is 21.5 Å². The topological polar surface area (TPSA) is 92.5 Å². The average Bonchev–Trinajstić information content (AvgIpc) is 2.46. The van der Waals surface area contributed by atoms with E-state index in [1.165, 1.54) is 0 Å². The summed E-state index contributed by atoms with van der Waals surface area (Å²) in [6.07, 6.45) is 3.09. The van der Waals surface area contributed by atoms with Gasteiger partial charge in [-0.3, -0.25) is 5.43 Å². The molecule has 0 aliphatic carbocycles. The number of hydrogen-bond acceptors (Lipinski definition) is 6. The van der Waals surface area contributed by atoms with Crippen molar-refractivity contribution in [3.05, 3.63) is 17.4 Å². The summed E-state index contributed by atoms with van der Waals surface area (Å²) in [4.78, 5) is 17.8. The number of nitrogens with zero attached hydrogens (tertiary/aromatic N) is 2. The fourth-order valence-corrected chi connectivity index (χ4v) is 2.65. The number of carbonyl (C=O) groups excluding carboxylic acids is 1. The number of ether oxygens (including phenoxy) is 1. The lowest BCUT2D eigenvalue weighted by molar-refractivity contribution is 0.0485. The second-order valence-corrected chi connectivity index (χ2v) is 6.95. The molecule has 1 fully saturated rings. The maximum atomic E-state index is 11.7. The number of pyridine rings is 1. The van der Waals surface area contributed by atoms with Gasteiger partial charge in [0.15, 0.2) is 5.15 Å². The summed E-state index contributed by atoms with van der Waals surface area (Å²) in [5.41, 5.74) is 12.5. The van der Waals surface area contributed by atoms with E-state index >= 15 is 0 Å².